The third-order valence-corrected chi connectivity index (χ3v) is 3.81. The van der Waals surface area contributed by atoms with E-state index in [1.54, 1.807) is 0 Å². The van der Waals surface area contributed by atoms with E-state index < -0.39 is 0 Å². The van der Waals surface area contributed by atoms with Crippen LogP contribution in [0.15, 0.2) is 12.4 Å². The number of imidazole rings is 1. The van der Waals surface area contributed by atoms with Gasteiger partial charge in [-0.1, -0.05) is 19.3 Å². The van der Waals surface area contributed by atoms with E-state index in [0.29, 0.717) is 24.9 Å². The summed E-state index contributed by atoms with van der Waals surface area (Å²) in [6.07, 6.45) is 10.4. The van der Waals surface area contributed by atoms with Gasteiger partial charge in [0.1, 0.15) is 5.82 Å². The molecular formula is C15H25N3O. The average Bonchev–Trinajstić information content (AvgIpc) is 2.85. The molecule has 2 rings (SSSR count). The van der Waals surface area contributed by atoms with Crippen LogP contribution in [-0.2, 0) is 11.3 Å². The van der Waals surface area contributed by atoms with Gasteiger partial charge in [0.05, 0.1) is 6.54 Å². The van der Waals surface area contributed by atoms with Gasteiger partial charge in [-0.15, -0.1) is 0 Å². The predicted octanol–water partition coefficient (Wildman–Crippen LogP) is 3.15. The van der Waals surface area contributed by atoms with Gasteiger partial charge in [-0.2, -0.15) is 0 Å². The molecule has 0 saturated carbocycles. The summed E-state index contributed by atoms with van der Waals surface area (Å²) >= 11 is 0. The van der Waals surface area contributed by atoms with Crippen molar-refractivity contribution in [1.29, 1.82) is 0 Å². The van der Waals surface area contributed by atoms with E-state index in [1.807, 2.05) is 17.3 Å². The summed E-state index contributed by atoms with van der Waals surface area (Å²) in [4.78, 5) is 18.6. The summed E-state index contributed by atoms with van der Waals surface area (Å²) in [5.74, 6) is 1.29. The van der Waals surface area contributed by atoms with Gasteiger partial charge in [-0.05, 0) is 26.7 Å². The number of carbonyl (C=O) groups excluding carboxylic acids is 1. The Labute approximate surface area is 115 Å². The summed E-state index contributed by atoms with van der Waals surface area (Å²) in [6.45, 7) is 5.82. The van der Waals surface area contributed by atoms with Crippen LogP contribution < -0.4 is 0 Å². The second kappa shape index (κ2) is 6.73. The zero-order valence-electron chi connectivity index (χ0n) is 12.1. The minimum absolute atomic E-state index is 0.292. The van der Waals surface area contributed by atoms with E-state index in [-0.39, 0.29) is 0 Å². The van der Waals surface area contributed by atoms with Crippen molar-refractivity contribution in [2.24, 2.45) is 0 Å². The summed E-state index contributed by atoms with van der Waals surface area (Å²) < 4.78 is 2.15. The second-order valence-electron chi connectivity index (χ2n) is 5.68. The maximum Gasteiger partial charge on any atom is 0.222 e. The molecule has 1 amide bonds. The van der Waals surface area contributed by atoms with E-state index in [4.69, 9.17) is 0 Å². The molecule has 1 aromatic rings. The van der Waals surface area contributed by atoms with Gasteiger partial charge in [0.25, 0.3) is 0 Å². The predicted molar refractivity (Wildman–Crippen MR) is 75.7 cm³/mol. The number of amides is 1. The standard InChI is InChI=1S/C15H25N3O/c1-13(2)18-11-9-16-14(18)12-17-10-7-5-3-4-6-8-15(17)19/h9,11,13H,3-8,10,12H2,1-2H3. The summed E-state index contributed by atoms with van der Waals surface area (Å²) in [5, 5.41) is 0. The highest BCUT2D eigenvalue weighted by molar-refractivity contribution is 5.76. The van der Waals surface area contributed by atoms with Crippen molar-refractivity contribution < 1.29 is 4.79 Å². The molecular weight excluding hydrogens is 238 g/mol. The molecule has 0 unspecified atom stereocenters. The Bertz CT molecular complexity index is 411. The largest absolute Gasteiger partial charge is 0.335 e. The quantitative estimate of drug-likeness (QED) is 0.840. The number of hydrogen-bond acceptors (Lipinski definition) is 2. The summed E-state index contributed by atoms with van der Waals surface area (Å²) in [6, 6.07) is 0.394. The molecule has 4 nitrogen and oxygen atoms in total. The van der Waals surface area contributed by atoms with Crippen molar-refractivity contribution in [1.82, 2.24) is 14.5 Å². The van der Waals surface area contributed by atoms with Crippen molar-refractivity contribution in [3.8, 4) is 0 Å². The molecule has 0 N–H and O–H groups in total. The Morgan fingerprint density at radius 2 is 1.95 bits per heavy atom. The average molecular weight is 263 g/mol. The van der Waals surface area contributed by atoms with Crippen molar-refractivity contribution in [2.75, 3.05) is 6.54 Å². The van der Waals surface area contributed by atoms with Gasteiger partial charge >= 0.3 is 0 Å². The van der Waals surface area contributed by atoms with Crippen LogP contribution in [0.4, 0.5) is 0 Å². The van der Waals surface area contributed by atoms with E-state index >= 15 is 0 Å². The lowest BCUT2D eigenvalue weighted by atomic mass is 10.1. The van der Waals surface area contributed by atoms with Gasteiger partial charge in [0.2, 0.25) is 5.91 Å². The maximum atomic E-state index is 12.2. The molecule has 1 aromatic heterocycles. The number of carbonyl (C=O) groups is 1. The first-order valence-electron chi connectivity index (χ1n) is 7.48. The fourth-order valence-corrected chi connectivity index (χ4v) is 2.67. The summed E-state index contributed by atoms with van der Waals surface area (Å²) in [7, 11) is 0. The minimum Gasteiger partial charge on any atom is -0.335 e. The highest BCUT2D eigenvalue weighted by Crippen LogP contribution is 2.16. The summed E-state index contributed by atoms with van der Waals surface area (Å²) in [5.41, 5.74) is 0. The molecule has 0 atom stereocenters. The molecule has 0 bridgehead atoms. The monoisotopic (exact) mass is 263 g/mol. The maximum absolute atomic E-state index is 12.2. The zero-order chi connectivity index (χ0) is 13.7. The van der Waals surface area contributed by atoms with Crippen molar-refractivity contribution in [2.45, 2.75) is 65.0 Å². The van der Waals surface area contributed by atoms with Crippen LogP contribution in [0.25, 0.3) is 0 Å². The minimum atomic E-state index is 0.292. The normalized spacial score (nSPS) is 18.3. The fourth-order valence-electron chi connectivity index (χ4n) is 2.67. The zero-order valence-corrected chi connectivity index (χ0v) is 12.1. The van der Waals surface area contributed by atoms with Crippen LogP contribution >= 0.6 is 0 Å². The first-order valence-corrected chi connectivity index (χ1v) is 7.48. The molecule has 0 radical (unpaired) electrons. The van der Waals surface area contributed by atoms with E-state index in [0.717, 1.165) is 25.2 Å². The first-order chi connectivity index (χ1) is 9.18. The smallest absolute Gasteiger partial charge is 0.222 e. The first kappa shape index (κ1) is 14.1. The molecule has 106 valence electrons. The Morgan fingerprint density at radius 3 is 2.74 bits per heavy atom. The van der Waals surface area contributed by atoms with Gasteiger partial charge in [-0.25, -0.2) is 4.98 Å². The molecule has 1 saturated heterocycles. The van der Waals surface area contributed by atoms with Crippen LogP contribution in [0.1, 0.15) is 64.2 Å². The van der Waals surface area contributed by atoms with Gasteiger partial charge < -0.3 is 9.47 Å². The second-order valence-corrected chi connectivity index (χ2v) is 5.68. The van der Waals surface area contributed by atoms with Crippen LogP contribution in [-0.4, -0.2) is 26.9 Å². The lowest BCUT2D eigenvalue weighted by molar-refractivity contribution is -0.132. The SMILES string of the molecule is CC(C)n1ccnc1CN1CCCCCCCC1=O. The molecule has 0 aliphatic carbocycles. The molecule has 0 spiro atoms. The Hall–Kier alpha value is -1.32. The lowest BCUT2D eigenvalue weighted by Crippen LogP contribution is -2.32. The van der Waals surface area contributed by atoms with Gasteiger partial charge in [-0.3, -0.25) is 4.79 Å². The Kier molecular flexibility index (Phi) is 5.00. The van der Waals surface area contributed by atoms with Crippen LogP contribution in [0.2, 0.25) is 0 Å². The number of rotatable bonds is 3. The Morgan fingerprint density at radius 1 is 1.21 bits per heavy atom. The van der Waals surface area contributed by atoms with Crippen molar-refractivity contribution in [3.63, 3.8) is 0 Å². The molecule has 1 fully saturated rings. The molecule has 19 heavy (non-hydrogen) atoms. The van der Waals surface area contributed by atoms with Crippen LogP contribution in [0.5, 0.6) is 0 Å². The topological polar surface area (TPSA) is 38.1 Å². The van der Waals surface area contributed by atoms with Gasteiger partial charge in [0, 0.05) is 31.4 Å². The number of hydrogen-bond donors (Lipinski definition) is 0. The fraction of sp³-hybridized carbons (Fsp3) is 0.733. The lowest BCUT2D eigenvalue weighted by Gasteiger charge is -2.23. The van der Waals surface area contributed by atoms with Crippen LogP contribution in [0, 0.1) is 0 Å². The Balaban J connectivity index is 2.05. The van der Waals surface area contributed by atoms with Crippen molar-refractivity contribution >= 4 is 5.91 Å². The highest BCUT2D eigenvalue weighted by atomic mass is 16.2. The highest BCUT2D eigenvalue weighted by Gasteiger charge is 2.17. The molecule has 1 aliphatic heterocycles. The van der Waals surface area contributed by atoms with E-state index in [1.165, 1.54) is 19.3 Å². The van der Waals surface area contributed by atoms with E-state index in [9.17, 15) is 4.79 Å². The third kappa shape index (κ3) is 3.82. The molecule has 2 heterocycles. The third-order valence-electron chi connectivity index (χ3n) is 3.81. The molecule has 1 aliphatic rings. The molecule has 4 heteroatoms. The van der Waals surface area contributed by atoms with E-state index in [2.05, 4.69) is 23.4 Å². The molecule has 0 aromatic carbocycles. The van der Waals surface area contributed by atoms with Gasteiger partial charge in [0.15, 0.2) is 0 Å². The number of aromatic nitrogens is 2. The number of nitrogens with zero attached hydrogens (tertiary/aromatic N) is 3. The van der Waals surface area contributed by atoms with Crippen LogP contribution in [0.3, 0.4) is 0 Å². The van der Waals surface area contributed by atoms with Crippen molar-refractivity contribution in [3.05, 3.63) is 18.2 Å².